The van der Waals surface area contributed by atoms with Crippen LogP contribution in [0.3, 0.4) is 0 Å². The van der Waals surface area contributed by atoms with Crippen molar-refractivity contribution >= 4 is 5.97 Å². The lowest BCUT2D eigenvalue weighted by atomic mass is 9.89. The second-order valence-electron chi connectivity index (χ2n) is 5.24. The van der Waals surface area contributed by atoms with Gasteiger partial charge in [0.1, 0.15) is 13.2 Å². The molecule has 2 aliphatic rings. The summed E-state index contributed by atoms with van der Waals surface area (Å²) in [5.74, 6) is -0.212. The van der Waals surface area contributed by atoms with Gasteiger partial charge in [-0.25, -0.2) is 8.78 Å². The van der Waals surface area contributed by atoms with Crippen molar-refractivity contribution in [3.05, 3.63) is 23.3 Å². The van der Waals surface area contributed by atoms with Gasteiger partial charge in [0.2, 0.25) is 0 Å². The van der Waals surface area contributed by atoms with Crippen molar-refractivity contribution in [2.75, 3.05) is 13.2 Å². The SMILES string of the molecule is O=C(O)CC1(c2cc(C(F)F)cc3c2OCCO3)CC1. The van der Waals surface area contributed by atoms with E-state index in [1.165, 1.54) is 12.1 Å². The van der Waals surface area contributed by atoms with E-state index in [2.05, 4.69) is 0 Å². The average Bonchev–Trinajstić information content (AvgIpc) is 3.17. The molecule has 0 unspecified atom stereocenters. The first kappa shape index (κ1) is 13.1. The van der Waals surface area contributed by atoms with Crippen LogP contribution in [0.5, 0.6) is 11.5 Å². The molecule has 0 saturated heterocycles. The van der Waals surface area contributed by atoms with Crippen molar-refractivity contribution in [1.29, 1.82) is 0 Å². The van der Waals surface area contributed by atoms with Crippen LogP contribution in [0.1, 0.15) is 36.8 Å². The maximum atomic E-state index is 13.0. The maximum Gasteiger partial charge on any atom is 0.304 e. The lowest BCUT2D eigenvalue weighted by Gasteiger charge is -2.25. The van der Waals surface area contributed by atoms with E-state index in [9.17, 15) is 13.6 Å². The number of alkyl halides is 2. The number of rotatable bonds is 4. The lowest BCUT2D eigenvalue weighted by molar-refractivity contribution is -0.137. The summed E-state index contributed by atoms with van der Waals surface area (Å²) in [5.41, 5.74) is -0.185. The average molecular weight is 284 g/mol. The van der Waals surface area contributed by atoms with E-state index in [0.29, 0.717) is 43.1 Å². The van der Waals surface area contributed by atoms with Crippen LogP contribution < -0.4 is 9.47 Å². The highest BCUT2D eigenvalue weighted by Gasteiger charge is 2.49. The second kappa shape index (κ2) is 4.61. The van der Waals surface area contributed by atoms with Gasteiger partial charge in [0.05, 0.1) is 6.42 Å². The van der Waals surface area contributed by atoms with Gasteiger partial charge in [-0.3, -0.25) is 4.79 Å². The Kier molecular flexibility index (Phi) is 3.03. The van der Waals surface area contributed by atoms with Crippen LogP contribution in [-0.2, 0) is 10.2 Å². The number of carboxylic acid groups (broad SMARTS) is 1. The molecule has 0 spiro atoms. The van der Waals surface area contributed by atoms with Gasteiger partial charge in [0, 0.05) is 16.5 Å². The third-order valence-electron chi connectivity index (χ3n) is 3.83. The Morgan fingerprint density at radius 2 is 2.00 bits per heavy atom. The van der Waals surface area contributed by atoms with Gasteiger partial charge in [0.25, 0.3) is 6.43 Å². The fourth-order valence-electron chi connectivity index (χ4n) is 2.68. The molecule has 0 aromatic heterocycles. The Morgan fingerprint density at radius 1 is 1.30 bits per heavy atom. The molecule has 0 bridgehead atoms. The van der Waals surface area contributed by atoms with Gasteiger partial charge in [0.15, 0.2) is 11.5 Å². The van der Waals surface area contributed by atoms with Crippen molar-refractivity contribution < 1.29 is 28.2 Å². The minimum Gasteiger partial charge on any atom is -0.486 e. The first-order chi connectivity index (χ1) is 9.52. The van der Waals surface area contributed by atoms with Crippen LogP contribution in [0.25, 0.3) is 0 Å². The van der Waals surface area contributed by atoms with E-state index in [0.717, 1.165) is 0 Å². The summed E-state index contributed by atoms with van der Waals surface area (Å²) in [6.45, 7) is 0.655. The highest BCUT2D eigenvalue weighted by molar-refractivity contribution is 5.71. The molecule has 0 atom stereocenters. The van der Waals surface area contributed by atoms with E-state index in [-0.39, 0.29) is 12.0 Å². The molecule has 1 heterocycles. The van der Waals surface area contributed by atoms with E-state index in [1.54, 1.807) is 0 Å². The Bertz CT molecular complexity index is 552. The largest absolute Gasteiger partial charge is 0.486 e. The van der Waals surface area contributed by atoms with Crippen molar-refractivity contribution in [2.45, 2.75) is 31.1 Å². The van der Waals surface area contributed by atoms with Gasteiger partial charge < -0.3 is 14.6 Å². The predicted molar refractivity (Wildman–Crippen MR) is 65.6 cm³/mol. The fraction of sp³-hybridized carbons (Fsp3) is 0.500. The van der Waals surface area contributed by atoms with Gasteiger partial charge in [-0.15, -0.1) is 0 Å². The third-order valence-corrected chi connectivity index (χ3v) is 3.83. The third kappa shape index (κ3) is 2.19. The number of carboxylic acids is 1. The van der Waals surface area contributed by atoms with Crippen LogP contribution in [-0.4, -0.2) is 24.3 Å². The summed E-state index contributed by atoms with van der Waals surface area (Å²) in [6.07, 6.45) is -1.36. The number of halogens is 2. The number of benzene rings is 1. The zero-order valence-corrected chi connectivity index (χ0v) is 10.7. The zero-order valence-electron chi connectivity index (χ0n) is 10.7. The van der Waals surface area contributed by atoms with Crippen LogP contribution >= 0.6 is 0 Å². The second-order valence-corrected chi connectivity index (χ2v) is 5.24. The molecule has 4 nitrogen and oxygen atoms in total. The number of fused-ring (bicyclic) bond motifs is 1. The Morgan fingerprint density at radius 3 is 2.60 bits per heavy atom. The van der Waals surface area contributed by atoms with Gasteiger partial charge >= 0.3 is 5.97 Å². The molecule has 6 heteroatoms. The molecular formula is C14H14F2O4. The molecule has 3 rings (SSSR count). The normalized spacial score (nSPS) is 18.9. The highest BCUT2D eigenvalue weighted by atomic mass is 19.3. The number of ether oxygens (including phenoxy) is 2. The molecule has 1 fully saturated rings. The van der Waals surface area contributed by atoms with Crippen LogP contribution in [0.2, 0.25) is 0 Å². The monoisotopic (exact) mass is 284 g/mol. The van der Waals surface area contributed by atoms with E-state index in [4.69, 9.17) is 14.6 Å². The van der Waals surface area contributed by atoms with E-state index in [1.807, 2.05) is 0 Å². The van der Waals surface area contributed by atoms with Crippen LogP contribution in [0.15, 0.2) is 12.1 Å². The first-order valence-corrected chi connectivity index (χ1v) is 6.46. The Balaban J connectivity index is 2.08. The molecule has 20 heavy (non-hydrogen) atoms. The highest BCUT2D eigenvalue weighted by Crippen LogP contribution is 2.56. The number of carbonyl (C=O) groups is 1. The standard InChI is InChI=1S/C14H14F2O4/c15-13(16)8-5-9(14(1-2-14)7-11(17)18)12-10(6-8)19-3-4-20-12/h5-6,13H,1-4,7H2,(H,17,18). The molecule has 1 aliphatic carbocycles. The van der Waals surface area contributed by atoms with E-state index >= 15 is 0 Å². The molecule has 1 aliphatic heterocycles. The van der Waals surface area contributed by atoms with Gasteiger partial charge in [-0.2, -0.15) is 0 Å². The van der Waals surface area contributed by atoms with Crippen molar-refractivity contribution in [2.24, 2.45) is 0 Å². The molecule has 0 radical (unpaired) electrons. The summed E-state index contributed by atoms with van der Waals surface area (Å²) in [7, 11) is 0. The predicted octanol–water partition coefficient (Wildman–Crippen LogP) is 2.90. The summed E-state index contributed by atoms with van der Waals surface area (Å²) in [5, 5.41) is 9.01. The van der Waals surface area contributed by atoms with Crippen molar-refractivity contribution in [3.63, 3.8) is 0 Å². The number of aliphatic carboxylic acids is 1. The molecule has 1 aromatic rings. The topological polar surface area (TPSA) is 55.8 Å². The molecule has 1 N–H and O–H groups in total. The molecule has 1 saturated carbocycles. The van der Waals surface area contributed by atoms with Crippen molar-refractivity contribution in [3.8, 4) is 11.5 Å². The zero-order chi connectivity index (χ0) is 14.3. The number of hydrogen-bond donors (Lipinski definition) is 1. The summed E-state index contributed by atoms with van der Waals surface area (Å²) < 4.78 is 36.9. The minimum atomic E-state index is -2.62. The molecule has 1 aromatic carbocycles. The van der Waals surface area contributed by atoms with Crippen LogP contribution in [0.4, 0.5) is 8.78 Å². The van der Waals surface area contributed by atoms with E-state index < -0.39 is 17.8 Å². The first-order valence-electron chi connectivity index (χ1n) is 6.46. The lowest BCUT2D eigenvalue weighted by Crippen LogP contribution is -2.21. The summed E-state index contributed by atoms with van der Waals surface area (Å²) in [4.78, 5) is 11.0. The number of hydrogen-bond acceptors (Lipinski definition) is 3. The van der Waals surface area contributed by atoms with Gasteiger partial charge in [-0.1, -0.05) is 0 Å². The summed E-state index contributed by atoms with van der Waals surface area (Å²) in [6, 6.07) is 2.65. The maximum absolute atomic E-state index is 13.0. The Labute approximate surface area is 114 Å². The van der Waals surface area contributed by atoms with Crippen molar-refractivity contribution in [1.82, 2.24) is 0 Å². The quantitative estimate of drug-likeness (QED) is 0.923. The summed E-state index contributed by atoms with van der Waals surface area (Å²) >= 11 is 0. The van der Waals surface area contributed by atoms with Gasteiger partial charge in [-0.05, 0) is 25.0 Å². The molecule has 0 amide bonds. The molecular weight excluding hydrogens is 270 g/mol. The smallest absolute Gasteiger partial charge is 0.304 e. The molecule has 108 valence electrons. The fourth-order valence-corrected chi connectivity index (χ4v) is 2.68. The minimum absolute atomic E-state index is 0.0739. The Hall–Kier alpha value is -1.85. The van der Waals surface area contributed by atoms with Crippen LogP contribution in [0, 0.1) is 0 Å².